The molecule has 1 amide bonds. The van der Waals surface area contributed by atoms with Crippen LogP contribution in [0, 0.1) is 0 Å². The minimum atomic E-state index is -0.249. The summed E-state index contributed by atoms with van der Waals surface area (Å²) in [5, 5.41) is 9.14. The second-order valence-electron chi connectivity index (χ2n) is 7.15. The van der Waals surface area contributed by atoms with Gasteiger partial charge in [0.2, 0.25) is 5.91 Å². The van der Waals surface area contributed by atoms with Crippen LogP contribution in [0.1, 0.15) is 38.8 Å². The molecule has 0 fully saturated rings. The molecule has 7 heteroatoms. The summed E-state index contributed by atoms with van der Waals surface area (Å²) in [4.78, 5) is 16.0. The summed E-state index contributed by atoms with van der Waals surface area (Å²) in [5.74, 6) is 0.508. The number of nitrogens with one attached hydrogen (secondary N) is 3. The van der Waals surface area contributed by atoms with E-state index in [0.29, 0.717) is 38.9 Å². The van der Waals surface area contributed by atoms with Gasteiger partial charge in [0.1, 0.15) is 0 Å². The molecular weight excluding hydrogens is 344 g/mol. The maximum Gasteiger partial charge on any atom is 0.239 e. The number of nitrogens with zero attached hydrogens (tertiary/aromatic N) is 1. The number of benzene rings is 1. The number of hydrogen-bond donors (Lipinski definition) is 3. The molecule has 1 rings (SSSR count). The van der Waals surface area contributed by atoms with Crippen LogP contribution in [0.2, 0.25) is 0 Å². The van der Waals surface area contributed by atoms with E-state index in [4.69, 9.17) is 9.47 Å². The van der Waals surface area contributed by atoms with Gasteiger partial charge in [-0.05, 0) is 38.8 Å². The molecule has 0 atom stereocenters. The lowest BCUT2D eigenvalue weighted by Gasteiger charge is -2.21. The Morgan fingerprint density at radius 1 is 1.11 bits per heavy atom. The molecule has 0 aliphatic carbocycles. The van der Waals surface area contributed by atoms with E-state index in [9.17, 15) is 4.79 Å². The monoisotopic (exact) mass is 378 g/mol. The van der Waals surface area contributed by atoms with Crippen LogP contribution < -0.4 is 16.0 Å². The molecule has 0 spiro atoms. The lowest BCUT2D eigenvalue weighted by Crippen LogP contribution is -2.48. The van der Waals surface area contributed by atoms with Crippen molar-refractivity contribution >= 4 is 11.9 Å². The van der Waals surface area contributed by atoms with Gasteiger partial charge in [-0.1, -0.05) is 24.3 Å². The lowest BCUT2D eigenvalue weighted by molar-refractivity contribution is -0.121. The van der Waals surface area contributed by atoms with Crippen molar-refractivity contribution in [2.75, 3.05) is 33.4 Å². The van der Waals surface area contributed by atoms with Gasteiger partial charge >= 0.3 is 0 Å². The third kappa shape index (κ3) is 11.2. The van der Waals surface area contributed by atoms with Gasteiger partial charge < -0.3 is 25.4 Å². The zero-order valence-corrected chi connectivity index (χ0v) is 17.2. The van der Waals surface area contributed by atoms with Crippen molar-refractivity contribution in [2.24, 2.45) is 4.99 Å². The number of ether oxygens (including phenoxy) is 2. The highest BCUT2D eigenvalue weighted by molar-refractivity contribution is 5.86. The molecule has 3 N–H and O–H groups in total. The minimum absolute atomic E-state index is 0.0725. The van der Waals surface area contributed by atoms with E-state index in [0.717, 1.165) is 11.1 Å². The highest BCUT2D eigenvalue weighted by Crippen LogP contribution is 2.06. The second-order valence-corrected chi connectivity index (χ2v) is 7.15. The molecule has 0 radical (unpaired) electrons. The Kier molecular flexibility index (Phi) is 10.4. The highest BCUT2D eigenvalue weighted by Gasteiger charge is 2.13. The molecule has 0 saturated heterocycles. The third-order valence-corrected chi connectivity index (χ3v) is 3.45. The number of guanidine groups is 1. The quantitative estimate of drug-likeness (QED) is 0.329. The van der Waals surface area contributed by atoms with E-state index < -0.39 is 0 Å². The van der Waals surface area contributed by atoms with E-state index in [1.54, 1.807) is 7.05 Å². The van der Waals surface area contributed by atoms with Gasteiger partial charge in [-0.15, -0.1) is 0 Å². The number of amides is 1. The summed E-state index contributed by atoms with van der Waals surface area (Å²) < 4.78 is 10.9. The summed E-state index contributed by atoms with van der Waals surface area (Å²) in [5.41, 5.74) is 1.97. The van der Waals surface area contributed by atoms with E-state index in [-0.39, 0.29) is 18.0 Å². The Hall–Kier alpha value is -2.12. The molecule has 0 bridgehead atoms. The number of rotatable bonds is 10. The smallest absolute Gasteiger partial charge is 0.239 e. The predicted molar refractivity (Wildman–Crippen MR) is 109 cm³/mol. The maximum absolute atomic E-state index is 11.9. The van der Waals surface area contributed by atoms with Gasteiger partial charge in [-0.2, -0.15) is 0 Å². The molecule has 152 valence electrons. The van der Waals surface area contributed by atoms with Crippen LogP contribution in [0.25, 0.3) is 0 Å². The minimum Gasteiger partial charge on any atom is -0.379 e. The fraction of sp³-hybridized carbons (Fsp3) is 0.600. The molecule has 0 aliphatic heterocycles. The van der Waals surface area contributed by atoms with Crippen molar-refractivity contribution in [2.45, 2.75) is 46.4 Å². The summed E-state index contributed by atoms with van der Waals surface area (Å²) >= 11 is 0. The summed E-state index contributed by atoms with van der Waals surface area (Å²) in [6.45, 7) is 11.1. The Balaban J connectivity index is 2.40. The molecule has 27 heavy (non-hydrogen) atoms. The Labute approximate surface area is 162 Å². The average Bonchev–Trinajstić information content (AvgIpc) is 2.60. The van der Waals surface area contributed by atoms with Gasteiger partial charge in [0, 0.05) is 25.7 Å². The number of hydrogen-bond acceptors (Lipinski definition) is 4. The van der Waals surface area contributed by atoms with Crippen LogP contribution in [-0.2, 0) is 27.4 Å². The van der Waals surface area contributed by atoms with Crippen LogP contribution in [0.5, 0.6) is 0 Å². The highest BCUT2D eigenvalue weighted by atomic mass is 16.5. The van der Waals surface area contributed by atoms with Crippen molar-refractivity contribution in [3.8, 4) is 0 Å². The van der Waals surface area contributed by atoms with Gasteiger partial charge in [0.05, 0.1) is 26.4 Å². The zero-order valence-electron chi connectivity index (χ0n) is 17.2. The molecule has 7 nitrogen and oxygen atoms in total. The first-order chi connectivity index (χ1) is 12.8. The first-order valence-corrected chi connectivity index (χ1v) is 9.33. The number of carbonyl (C=O) groups excluding carboxylic acids is 1. The third-order valence-electron chi connectivity index (χ3n) is 3.45. The summed E-state index contributed by atoms with van der Waals surface area (Å²) in [7, 11) is 1.68. The molecule has 0 aromatic heterocycles. The van der Waals surface area contributed by atoms with E-state index in [1.165, 1.54) is 0 Å². The van der Waals surface area contributed by atoms with Crippen molar-refractivity contribution in [1.82, 2.24) is 16.0 Å². The molecule has 0 unspecified atom stereocenters. The summed E-state index contributed by atoms with van der Waals surface area (Å²) in [6, 6.07) is 8.17. The van der Waals surface area contributed by atoms with Crippen LogP contribution in [0.15, 0.2) is 29.3 Å². The van der Waals surface area contributed by atoms with Crippen molar-refractivity contribution in [3.05, 3.63) is 35.4 Å². The molecule has 1 aromatic rings. The van der Waals surface area contributed by atoms with Crippen molar-refractivity contribution in [1.29, 1.82) is 0 Å². The number of aliphatic imine (C=N–C) groups is 1. The first-order valence-electron chi connectivity index (χ1n) is 9.33. The van der Waals surface area contributed by atoms with Gasteiger partial charge in [0.15, 0.2) is 5.96 Å². The molecule has 0 heterocycles. The Morgan fingerprint density at radius 2 is 1.81 bits per heavy atom. The fourth-order valence-electron chi connectivity index (χ4n) is 2.31. The van der Waals surface area contributed by atoms with E-state index in [1.807, 2.05) is 45.9 Å². The second kappa shape index (κ2) is 12.3. The largest absolute Gasteiger partial charge is 0.379 e. The fourth-order valence-corrected chi connectivity index (χ4v) is 2.31. The molecule has 0 saturated carbocycles. The standard InChI is InChI=1S/C20H34N4O3/c1-6-26-10-11-27-15-17-9-7-8-16(12-17)13-22-19(21-5)23-14-18(25)24-20(2,3)4/h7-9,12H,6,10-11,13-15H2,1-5H3,(H,24,25)(H2,21,22,23). The van der Waals surface area contributed by atoms with Crippen molar-refractivity contribution < 1.29 is 14.3 Å². The maximum atomic E-state index is 11.9. The van der Waals surface area contributed by atoms with E-state index in [2.05, 4.69) is 27.0 Å². The van der Waals surface area contributed by atoms with Crippen LogP contribution in [-0.4, -0.2) is 50.8 Å². The van der Waals surface area contributed by atoms with Gasteiger partial charge in [-0.3, -0.25) is 9.79 Å². The topological polar surface area (TPSA) is 84.0 Å². The SMILES string of the molecule is CCOCCOCc1cccc(CNC(=NC)NCC(=O)NC(C)(C)C)c1. The Morgan fingerprint density at radius 3 is 2.48 bits per heavy atom. The van der Waals surface area contributed by atoms with Crippen molar-refractivity contribution in [3.63, 3.8) is 0 Å². The van der Waals surface area contributed by atoms with Crippen LogP contribution >= 0.6 is 0 Å². The normalized spacial score (nSPS) is 12.0. The number of carbonyl (C=O) groups is 1. The van der Waals surface area contributed by atoms with E-state index >= 15 is 0 Å². The Bertz CT molecular complexity index is 597. The van der Waals surface area contributed by atoms with Crippen LogP contribution in [0.3, 0.4) is 0 Å². The average molecular weight is 379 g/mol. The summed E-state index contributed by atoms with van der Waals surface area (Å²) in [6.07, 6.45) is 0. The molecule has 0 aliphatic rings. The predicted octanol–water partition coefficient (Wildman–Crippen LogP) is 1.82. The van der Waals surface area contributed by atoms with Gasteiger partial charge in [-0.25, -0.2) is 0 Å². The first kappa shape index (κ1) is 22.9. The molecular formula is C20H34N4O3. The molecule has 1 aromatic carbocycles. The van der Waals surface area contributed by atoms with Gasteiger partial charge in [0.25, 0.3) is 0 Å². The zero-order chi connectivity index (χ0) is 20.1. The van der Waals surface area contributed by atoms with Crippen LogP contribution in [0.4, 0.5) is 0 Å². The lowest BCUT2D eigenvalue weighted by atomic mass is 10.1.